The Morgan fingerprint density at radius 1 is 1.29 bits per heavy atom. The average Bonchev–Trinajstić information content (AvgIpc) is 3.39. The van der Waals surface area contributed by atoms with Crippen LogP contribution in [-0.4, -0.2) is 45.5 Å². The van der Waals surface area contributed by atoms with Crippen LogP contribution >= 0.6 is 0 Å². The van der Waals surface area contributed by atoms with Crippen molar-refractivity contribution in [1.82, 2.24) is 19.9 Å². The molecule has 21 heavy (non-hydrogen) atoms. The topological polar surface area (TPSA) is 60.2 Å². The first-order chi connectivity index (χ1) is 10.3. The lowest BCUT2D eigenvalue weighted by Crippen LogP contribution is -2.30. The first-order valence-electron chi connectivity index (χ1n) is 8.07. The molecule has 1 atom stereocenters. The predicted molar refractivity (Wildman–Crippen MR) is 75.4 cm³/mol. The Morgan fingerprint density at radius 2 is 2.14 bits per heavy atom. The summed E-state index contributed by atoms with van der Waals surface area (Å²) in [4.78, 5) is 14.1. The normalized spacial score (nSPS) is 25.5. The highest BCUT2D eigenvalue weighted by molar-refractivity contribution is 5.81. The Labute approximate surface area is 124 Å². The largest absolute Gasteiger partial charge is 0.375 e. The standard InChI is InChI=1S/C15H22N4O2/c20-15(12-3-4-12)18-6-5-14(8-18)19-7-13(16-17-19)10-21-9-11-1-2-11/h7,11-12,14H,1-6,8-10H2. The maximum Gasteiger partial charge on any atom is 0.225 e. The molecule has 1 aromatic rings. The van der Waals surface area contributed by atoms with Crippen molar-refractivity contribution in [2.24, 2.45) is 11.8 Å². The summed E-state index contributed by atoms with van der Waals surface area (Å²) in [7, 11) is 0. The highest BCUT2D eigenvalue weighted by Crippen LogP contribution is 2.33. The first-order valence-corrected chi connectivity index (χ1v) is 8.07. The highest BCUT2D eigenvalue weighted by Gasteiger charge is 2.37. The lowest BCUT2D eigenvalue weighted by Gasteiger charge is -2.15. The number of aromatic nitrogens is 3. The Bertz CT molecular complexity index is 521. The Kier molecular flexibility index (Phi) is 3.41. The van der Waals surface area contributed by atoms with Gasteiger partial charge < -0.3 is 9.64 Å². The fraction of sp³-hybridized carbons (Fsp3) is 0.800. The maximum atomic E-state index is 12.1. The van der Waals surface area contributed by atoms with Gasteiger partial charge in [-0.25, -0.2) is 4.68 Å². The Morgan fingerprint density at radius 3 is 2.90 bits per heavy atom. The first kappa shape index (κ1) is 13.2. The quantitative estimate of drug-likeness (QED) is 0.794. The number of nitrogens with zero attached hydrogens (tertiary/aromatic N) is 4. The summed E-state index contributed by atoms with van der Waals surface area (Å²) in [6.07, 6.45) is 7.71. The third kappa shape index (κ3) is 3.10. The summed E-state index contributed by atoms with van der Waals surface area (Å²) in [6.45, 7) is 3.03. The minimum absolute atomic E-state index is 0.275. The van der Waals surface area contributed by atoms with Crippen molar-refractivity contribution in [3.8, 4) is 0 Å². The third-order valence-corrected chi connectivity index (χ3v) is 4.63. The van der Waals surface area contributed by atoms with Gasteiger partial charge in [-0.2, -0.15) is 0 Å². The second-order valence-electron chi connectivity index (χ2n) is 6.65. The smallest absolute Gasteiger partial charge is 0.225 e. The summed E-state index contributed by atoms with van der Waals surface area (Å²) in [5, 5.41) is 8.39. The molecule has 2 heterocycles. The van der Waals surface area contributed by atoms with Crippen LogP contribution in [0.5, 0.6) is 0 Å². The van der Waals surface area contributed by atoms with Gasteiger partial charge in [-0.3, -0.25) is 4.79 Å². The molecule has 6 nitrogen and oxygen atoms in total. The molecule has 0 spiro atoms. The molecule has 1 aromatic heterocycles. The zero-order valence-electron chi connectivity index (χ0n) is 12.3. The summed E-state index contributed by atoms with van der Waals surface area (Å²) >= 11 is 0. The van der Waals surface area contributed by atoms with Crippen LogP contribution in [0.3, 0.4) is 0 Å². The number of hydrogen-bond acceptors (Lipinski definition) is 4. The van der Waals surface area contributed by atoms with Gasteiger partial charge in [-0.05, 0) is 38.0 Å². The molecule has 1 unspecified atom stereocenters. The SMILES string of the molecule is O=C(C1CC1)N1CCC(n2cc(COCC3CC3)nn2)C1. The van der Waals surface area contributed by atoms with Crippen LogP contribution in [0.4, 0.5) is 0 Å². The lowest BCUT2D eigenvalue weighted by atomic mass is 10.3. The van der Waals surface area contributed by atoms with Crippen LogP contribution < -0.4 is 0 Å². The molecule has 3 fully saturated rings. The van der Waals surface area contributed by atoms with Crippen LogP contribution in [0, 0.1) is 11.8 Å². The zero-order chi connectivity index (χ0) is 14.2. The Balaban J connectivity index is 1.29. The number of carbonyl (C=O) groups is 1. The fourth-order valence-electron chi connectivity index (χ4n) is 2.92. The summed E-state index contributed by atoms with van der Waals surface area (Å²) < 4.78 is 7.55. The minimum atomic E-state index is 0.275. The van der Waals surface area contributed by atoms with E-state index in [0.717, 1.165) is 50.6 Å². The van der Waals surface area contributed by atoms with E-state index in [-0.39, 0.29) is 6.04 Å². The third-order valence-electron chi connectivity index (χ3n) is 4.63. The van der Waals surface area contributed by atoms with Crippen molar-refractivity contribution in [2.45, 2.75) is 44.8 Å². The van der Waals surface area contributed by atoms with E-state index in [1.165, 1.54) is 12.8 Å². The average molecular weight is 290 g/mol. The van der Waals surface area contributed by atoms with E-state index in [1.807, 2.05) is 15.8 Å². The molecule has 1 aliphatic heterocycles. The lowest BCUT2D eigenvalue weighted by molar-refractivity contribution is -0.131. The van der Waals surface area contributed by atoms with Gasteiger partial charge in [-0.1, -0.05) is 5.21 Å². The Hall–Kier alpha value is -1.43. The second-order valence-corrected chi connectivity index (χ2v) is 6.65. The van der Waals surface area contributed by atoms with Crippen LogP contribution in [0.15, 0.2) is 6.20 Å². The van der Waals surface area contributed by atoms with Gasteiger partial charge in [0.15, 0.2) is 0 Å². The van der Waals surface area contributed by atoms with Crippen molar-refractivity contribution in [2.75, 3.05) is 19.7 Å². The van der Waals surface area contributed by atoms with E-state index in [4.69, 9.17) is 4.74 Å². The zero-order valence-corrected chi connectivity index (χ0v) is 12.3. The number of rotatable bonds is 6. The van der Waals surface area contributed by atoms with Gasteiger partial charge in [0.25, 0.3) is 0 Å². The van der Waals surface area contributed by atoms with E-state index in [1.54, 1.807) is 0 Å². The number of hydrogen-bond donors (Lipinski definition) is 0. The number of amides is 1. The van der Waals surface area contributed by atoms with Gasteiger partial charge in [-0.15, -0.1) is 5.10 Å². The molecule has 2 aliphatic carbocycles. The molecule has 0 radical (unpaired) electrons. The predicted octanol–water partition coefficient (Wildman–Crippen LogP) is 1.39. The molecule has 114 valence electrons. The monoisotopic (exact) mass is 290 g/mol. The molecule has 4 rings (SSSR count). The fourth-order valence-corrected chi connectivity index (χ4v) is 2.92. The van der Waals surface area contributed by atoms with Crippen molar-refractivity contribution >= 4 is 5.91 Å². The van der Waals surface area contributed by atoms with Gasteiger partial charge in [0.1, 0.15) is 5.69 Å². The minimum Gasteiger partial charge on any atom is -0.375 e. The van der Waals surface area contributed by atoms with Crippen LogP contribution in [0.25, 0.3) is 0 Å². The molecular weight excluding hydrogens is 268 g/mol. The molecule has 3 aliphatic rings. The van der Waals surface area contributed by atoms with E-state index in [2.05, 4.69) is 10.3 Å². The van der Waals surface area contributed by atoms with Crippen molar-refractivity contribution in [1.29, 1.82) is 0 Å². The summed E-state index contributed by atoms with van der Waals surface area (Å²) in [5.74, 6) is 1.42. The van der Waals surface area contributed by atoms with Crippen LogP contribution in [-0.2, 0) is 16.1 Å². The number of likely N-dealkylation sites (tertiary alicyclic amines) is 1. The van der Waals surface area contributed by atoms with Crippen LogP contribution in [0.1, 0.15) is 43.8 Å². The van der Waals surface area contributed by atoms with Gasteiger partial charge >= 0.3 is 0 Å². The molecule has 0 N–H and O–H groups in total. The summed E-state index contributed by atoms with van der Waals surface area (Å²) in [6, 6.07) is 0.275. The van der Waals surface area contributed by atoms with E-state index < -0.39 is 0 Å². The van der Waals surface area contributed by atoms with E-state index >= 15 is 0 Å². The van der Waals surface area contributed by atoms with Gasteiger partial charge in [0.2, 0.25) is 5.91 Å². The van der Waals surface area contributed by atoms with E-state index in [9.17, 15) is 4.79 Å². The molecular formula is C15H22N4O2. The number of carbonyl (C=O) groups excluding carboxylic acids is 1. The molecule has 0 bridgehead atoms. The molecule has 6 heteroatoms. The van der Waals surface area contributed by atoms with Crippen LogP contribution in [0.2, 0.25) is 0 Å². The molecule has 1 saturated heterocycles. The molecule has 2 saturated carbocycles. The van der Waals surface area contributed by atoms with E-state index in [0.29, 0.717) is 18.4 Å². The van der Waals surface area contributed by atoms with Crippen molar-refractivity contribution in [3.05, 3.63) is 11.9 Å². The van der Waals surface area contributed by atoms with Crippen molar-refractivity contribution < 1.29 is 9.53 Å². The van der Waals surface area contributed by atoms with Gasteiger partial charge in [0.05, 0.1) is 18.8 Å². The maximum absolute atomic E-state index is 12.1. The molecule has 0 aromatic carbocycles. The second kappa shape index (κ2) is 5.40. The molecule has 1 amide bonds. The van der Waals surface area contributed by atoms with Gasteiger partial charge in [0, 0.05) is 25.6 Å². The van der Waals surface area contributed by atoms with Crippen molar-refractivity contribution in [3.63, 3.8) is 0 Å². The highest BCUT2D eigenvalue weighted by atomic mass is 16.5. The summed E-state index contributed by atoms with van der Waals surface area (Å²) in [5.41, 5.74) is 0.891. The number of ether oxygens (including phenoxy) is 1.